The summed E-state index contributed by atoms with van der Waals surface area (Å²) in [5, 5.41) is 19.4. The highest BCUT2D eigenvalue weighted by atomic mass is 32.1. The van der Waals surface area contributed by atoms with Crippen LogP contribution in [0.3, 0.4) is 0 Å². The molecule has 0 aliphatic heterocycles. The topological polar surface area (TPSA) is 92.4 Å². The van der Waals surface area contributed by atoms with Crippen LogP contribution in [0.25, 0.3) is 27.5 Å². The molecule has 0 amide bonds. The van der Waals surface area contributed by atoms with Crippen molar-refractivity contribution in [2.75, 3.05) is 11.9 Å². The van der Waals surface area contributed by atoms with Crippen molar-refractivity contribution in [2.24, 2.45) is 0 Å². The minimum atomic E-state index is -0.902. The van der Waals surface area contributed by atoms with E-state index in [0.717, 1.165) is 22.4 Å². The maximum Gasteiger partial charge on any atom is 0.165 e. The van der Waals surface area contributed by atoms with Gasteiger partial charge in [0, 0.05) is 18.3 Å². The number of pyridine rings is 1. The number of nitrogens with zero attached hydrogens (tertiary/aromatic N) is 4. The lowest BCUT2D eigenvalue weighted by atomic mass is 10.1. The van der Waals surface area contributed by atoms with Crippen LogP contribution in [0, 0.1) is 0 Å². The lowest BCUT2D eigenvalue weighted by Gasteiger charge is -2.18. The molecule has 0 radical (unpaired) electrons. The minimum Gasteiger partial charge on any atom is -0.389 e. The van der Waals surface area contributed by atoms with Crippen LogP contribution in [0.2, 0.25) is 0 Å². The fourth-order valence-corrected chi connectivity index (χ4v) is 3.46. The Balaban J connectivity index is 1.78. The average molecular weight is 393 g/mol. The van der Waals surface area contributed by atoms with Crippen LogP contribution in [0.15, 0.2) is 48.1 Å². The van der Waals surface area contributed by atoms with Gasteiger partial charge < -0.3 is 10.4 Å². The second-order valence-corrected chi connectivity index (χ2v) is 8.02. The number of fused-ring (bicyclic) bond motifs is 1. The second-order valence-electron chi connectivity index (χ2n) is 7.07. The fraction of sp³-hybridized carbons (Fsp3) is 0.200. The first-order valence-electron chi connectivity index (χ1n) is 8.75. The molecule has 142 valence electrons. The third-order valence-electron chi connectivity index (χ3n) is 4.10. The van der Waals surface area contributed by atoms with Crippen molar-refractivity contribution in [1.82, 2.24) is 19.6 Å². The van der Waals surface area contributed by atoms with Gasteiger partial charge in [-0.25, -0.2) is 14.5 Å². The predicted molar refractivity (Wildman–Crippen MR) is 110 cm³/mol. The van der Waals surface area contributed by atoms with Crippen LogP contribution >= 0.6 is 11.3 Å². The summed E-state index contributed by atoms with van der Waals surface area (Å²) in [4.78, 5) is 21.8. The normalized spacial score (nSPS) is 11.7. The molecule has 0 saturated carbocycles. The molecule has 0 saturated heterocycles. The van der Waals surface area contributed by atoms with Gasteiger partial charge >= 0.3 is 0 Å². The van der Waals surface area contributed by atoms with E-state index in [1.807, 2.05) is 29.8 Å². The summed E-state index contributed by atoms with van der Waals surface area (Å²) in [7, 11) is 0. The molecule has 0 unspecified atom stereocenters. The second kappa shape index (κ2) is 7.14. The van der Waals surface area contributed by atoms with Crippen LogP contribution in [-0.2, 0) is 0 Å². The Morgan fingerprint density at radius 3 is 2.82 bits per heavy atom. The first-order chi connectivity index (χ1) is 13.4. The molecule has 0 fully saturated rings. The number of aldehydes is 1. The quantitative estimate of drug-likeness (QED) is 0.487. The van der Waals surface area contributed by atoms with Crippen LogP contribution in [0.5, 0.6) is 0 Å². The molecule has 0 aromatic carbocycles. The minimum absolute atomic E-state index is 0.303. The maximum atomic E-state index is 11.4. The third kappa shape index (κ3) is 3.78. The van der Waals surface area contributed by atoms with Gasteiger partial charge in [-0.2, -0.15) is 5.10 Å². The number of aliphatic hydroxyl groups is 1. The number of rotatable bonds is 6. The summed E-state index contributed by atoms with van der Waals surface area (Å²) in [6, 6.07) is 9.28. The number of aromatic nitrogens is 4. The molecule has 4 aromatic heterocycles. The summed E-state index contributed by atoms with van der Waals surface area (Å²) < 4.78 is 1.69. The van der Waals surface area contributed by atoms with E-state index in [0.29, 0.717) is 29.3 Å². The summed E-state index contributed by atoms with van der Waals surface area (Å²) in [6.07, 6.45) is 4.33. The number of nitrogens with one attached hydrogen (secondary N) is 1. The molecule has 4 aromatic rings. The van der Waals surface area contributed by atoms with E-state index < -0.39 is 5.60 Å². The summed E-state index contributed by atoms with van der Waals surface area (Å²) in [6.45, 7) is 3.70. The largest absolute Gasteiger partial charge is 0.389 e. The van der Waals surface area contributed by atoms with Crippen molar-refractivity contribution < 1.29 is 9.90 Å². The molecular formula is C20H19N5O2S. The first-order valence-corrected chi connectivity index (χ1v) is 9.63. The average Bonchev–Trinajstić information content (AvgIpc) is 3.34. The molecule has 7 nitrogen and oxygen atoms in total. The van der Waals surface area contributed by atoms with E-state index in [2.05, 4.69) is 15.4 Å². The molecule has 0 atom stereocenters. The van der Waals surface area contributed by atoms with Crippen molar-refractivity contribution >= 4 is 29.1 Å². The Kier molecular flexibility index (Phi) is 4.66. The van der Waals surface area contributed by atoms with Gasteiger partial charge in [0.25, 0.3) is 0 Å². The number of thiophene rings is 1. The Labute approximate surface area is 165 Å². The molecule has 0 aliphatic rings. The molecule has 0 bridgehead atoms. The van der Waals surface area contributed by atoms with Crippen molar-refractivity contribution in [3.63, 3.8) is 0 Å². The Morgan fingerprint density at radius 1 is 1.25 bits per heavy atom. The third-order valence-corrected chi connectivity index (χ3v) is 5.00. The van der Waals surface area contributed by atoms with Crippen LogP contribution in [-0.4, -0.2) is 43.1 Å². The van der Waals surface area contributed by atoms with E-state index in [9.17, 15) is 9.90 Å². The maximum absolute atomic E-state index is 11.4. The van der Waals surface area contributed by atoms with Gasteiger partial charge in [0.05, 0.1) is 33.6 Å². The van der Waals surface area contributed by atoms with Gasteiger partial charge in [0.2, 0.25) is 0 Å². The van der Waals surface area contributed by atoms with E-state index in [4.69, 9.17) is 4.98 Å². The van der Waals surface area contributed by atoms with Crippen molar-refractivity contribution in [3.8, 4) is 21.8 Å². The summed E-state index contributed by atoms with van der Waals surface area (Å²) >= 11 is 1.62. The highest BCUT2D eigenvalue weighted by Crippen LogP contribution is 2.28. The fourth-order valence-electron chi connectivity index (χ4n) is 2.77. The summed E-state index contributed by atoms with van der Waals surface area (Å²) in [5.74, 6) is 0.510. The zero-order valence-corrected chi connectivity index (χ0v) is 16.3. The lowest BCUT2D eigenvalue weighted by molar-refractivity contribution is 0.0944. The van der Waals surface area contributed by atoms with E-state index in [1.54, 1.807) is 48.0 Å². The van der Waals surface area contributed by atoms with Gasteiger partial charge in [-0.05, 0) is 43.5 Å². The van der Waals surface area contributed by atoms with E-state index in [1.165, 1.54) is 0 Å². The van der Waals surface area contributed by atoms with E-state index in [-0.39, 0.29) is 0 Å². The monoisotopic (exact) mass is 393 g/mol. The van der Waals surface area contributed by atoms with Crippen molar-refractivity contribution in [3.05, 3.63) is 53.7 Å². The zero-order chi connectivity index (χ0) is 19.7. The van der Waals surface area contributed by atoms with Crippen LogP contribution in [0.1, 0.15) is 24.2 Å². The van der Waals surface area contributed by atoms with Gasteiger partial charge in [0.1, 0.15) is 12.1 Å². The van der Waals surface area contributed by atoms with E-state index >= 15 is 0 Å². The number of anilines is 1. The van der Waals surface area contributed by atoms with Gasteiger partial charge in [-0.15, -0.1) is 11.3 Å². The Hall–Kier alpha value is -3.10. The summed E-state index contributed by atoms with van der Waals surface area (Å²) in [5.41, 5.74) is 2.42. The number of hydrogen-bond acceptors (Lipinski definition) is 7. The predicted octanol–water partition coefficient (Wildman–Crippen LogP) is 3.52. The van der Waals surface area contributed by atoms with Gasteiger partial charge in [-0.1, -0.05) is 6.07 Å². The highest BCUT2D eigenvalue weighted by molar-refractivity contribution is 7.13. The standard InChI is InChI=1S/C20H19N5O2S/c1-20(2,27)12-21-18-9-13(11-26)8-16(23-18)14-10-22-25-6-5-15(24-19(14)25)17-4-3-7-28-17/h3-11,27H,12H2,1-2H3,(H,21,23). The SMILES string of the molecule is CC(C)(O)CNc1cc(C=O)cc(-c2cnn3ccc(-c4cccs4)nc23)n1. The Bertz CT molecular complexity index is 1130. The molecule has 4 heterocycles. The van der Waals surface area contributed by atoms with Crippen LogP contribution < -0.4 is 5.32 Å². The van der Waals surface area contributed by atoms with Crippen molar-refractivity contribution in [2.45, 2.75) is 19.4 Å². The zero-order valence-electron chi connectivity index (χ0n) is 15.5. The van der Waals surface area contributed by atoms with Gasteiger partial charge in [-0.3, -0.25) is 4.79 Å². The molecular weight excluding hydrogens is 374 g/mol. The molecule has 28 heavy (non-hydrogen) atoms. The number of carbonyl (C=O) groups excluding carboxylic acids is 1. The Morgan fingerprint density at radius 2 is 2.11 bits per heavy atom. The molecule has 0 aliphatic carbocycles. The highest BCUT2D eigenvalue weighted by Gasteiger charge is 2.15. The van der Waals surface area contributed by atoms with Gasteiger partial charge in [0.15, 0.2) is 5.65 Å². The molecule has 4 rings (SSSR count). The molecule has 8 heteroatoms. The smallest absolute Gasteiger partial charge is 0.165 e. The molecule has 0 spiro atoms. The molecule has 2 N–H and O–H groups in total. The number of carbonyl (C=O) groups is 1. The number of hydrogen-bond donors (Lipinski definition) is 2. The van der Waals surface area contributed by atoms with Crippen LogP contribution in [0.4, 0.5) is 5.82 Å². The first kappa shape index (κ1) is 18.3. The lowest BCUT2D eigenvalue weighted by Crippen LogP contribution is -2.29. The van der Waals surface area contributed by atoms with Crippen molar-refractivity contribution in [1.29, 1.82) is 0 Å².